The summed E-state index contributed by atoms with van der Waals surface area (Å²) in [5.74, 6) is 0.645. The number of ether oxygens (including phenoxy) is 1. The number of hydrogen-bond donors (Lipinski definition) is 2. The number of methoxy groups -OCH3 is 1. The summed E-state index contributed by atoms with van der Waals surface area (Å²) >= 11 is 6.07. The summed E-state index contributed by atoms with van der Waals surface area (Å²) in [6.07, 6.45) is 2.95. The number of hydrogen-bond acceptors (Lipinski definition) is 5. The van der Waals surface area contributed by atoms with Gasteiger partial charge in [-0.05, 0) is 43.2 Å². The van der Waals surface area contributed by atoms with Crippen LogP contribution in [0.1, 0.15) is 21.5 Å². The van der Waals surface area contributed by atoms with Crippen LogP contribution in [0.5, 0.6) is 5.75 Å². The standard InChI is InChI=1S/C20H19ClN4O2/c1-12-5-4-6-13(2)18(12)25-20-22-10-14(11-23-20)19(26)24-15-7-8-17(27-3)16(21)9-15/h4-11H,1-3H3,(H,24,26)(H,22,23,25). The van der Waals surface area contributed by atoms with Gasteiger partial charge in [-0.2, -0.15) is 0 Å². The molecule has 0 spiro atoms. The van der Waals surface area contributed by atoms with E-state index in [1.54, 1.807) is 18.2 Å². The minimum absolute atomic E-state index is 0.324. The van der Waals surface area contributed by atoms with Gasteiger partial charge in [0.05, 0.1) is 17.7 Å². The van der Waals surface area contributed by atoms with Crippen molar-refractivity contribution < 1.29 is 9.53 Å². The average molecular weight is 383 g/mol. The Morgan fingerprint density at radius 2 is 1.74 bits per heavy atom. The zero-order chi connectivity index (χ0) is 19.4. The first kappa shape index (κ1) is 18.7. The lowest BCUT2D eigenvalue weighted by molar-refractivity contribution is 0.102. The van der Waals surface area contributed by atoms with E-state index in [-0.39, 0.29) is 5.91 Å². The highest BCUT2D eigenvalue weighted by atomic mass is 35.5. The van der Waals surface area contributed by atoms with E-state index in [0.717, 1.165) is 16.8 Å². The van der Waals surface area contributed by atoms with Crippen molar-refractivity contribution in [2.75, 3.05) is 17.7 Å². The molecule has 7 heteroatoms. The third-order valence-corrected chi connectivity index (χ3v) is 4.34. The van der Waals surface area contributed by atoms with E-state index in [0.29, 0.717) is 28.0 Å². The van der Waals surface area contributed by atoms with E-state index in [1.807, 2.05) is 32.0 Å². The number of aryl methyl sites for hydroxylation is 2. The van der Waals surface area contributed by atoms with Crippen LogP contribution in [-0.4, -0.2) is 23.0 Å². The molecule has 138 valence electrons. The largest absolute Gasteiger partial charge is 0.495 e. The Labute approximate surface area is 162 Å². The molecular weight excluding hydrogens is 364 g/mol. The molecule has 0 aliphatic rings. The molecule has 2 N–H and O–H groups in total. The predicted octanol–water partition coefficient (Wildman–Crippen LogP) is 4.75. The molecule has 1 amide bonds. The van der Waals surface area contributed by atoms with Crippen molar-refractivity contribution >= 4 is 34.8 Å². The first-order chi connectivity index (χ1) is 13.0. The van der Waals surface area contributed by atoms with E-state index < -0.39 is 0 Å². The average Bonchev–Trinajstić information content (AvgIpc) is 2.65. The number of nitrogens with zero attached hydrogens (tertiary/aromatic N) is 2. The first-order valence-electron chi connectivity index (χ1n) is 8.28. The van der Waals surface area contributed by atoms with E-state index in [4.69, 9.17) is 16.3 Å². The fourth-order valence-electron chi connectivity index (χ4n) is 2.58. The summed E-state index contributed by atoms with van der Waals surface area (Å²) in [7, 11) is 1.53. The zero-order valence-electron chi connectivity index (χ0n) is 15.2. The van der Waals surface area contributed by atoms with Crippen molar-refractivity contribution in [3.8, 4) is 5.75 Å². The molecule has 1 aromatic heterocycles. The summed E-state index contributed by atoms with van der Waals surface area (Å²) in [6, 6.07) is 11.0. The molecule has 0 saturated carbocycles. The van der Waals surface area contributed by atoms with Crippen molar-refractivity contribution in [3.05, 3.63) is 70.5 Å². The smallest absolute Gasteiger partial charge is 0.258 e. The number of para-hydroxylation sites is 1. The van der Waals surface area contributed by atoms with Gasteiger partial charge in [0, 0.05) is 23.8 Å². The molecule has 0 fully saturated rings. The SMILES string of the molecule is COc1ccc(NC(=O)c2cnc(Nc3c(C)cccc3C)nc2)cc1Cl. The van der Waals surface area contributed by atoms with E-state index in [1.165, 1.54) is 19.5 Å². The van der Waals surface area contributed by atoms with Gasteiger partial charge in [-0.15, -0.1) is 0 Å². The van der Waals surface area contributed by atoms with Crippen LogP contribution in [-0.2, 0) is 0 Å². The van der Waals surface area contributed by atoms with Gasteiger partial charge in [-0.3, -0.25) is 4.79 Å². The summed E-state index contributed by atoms with van der Waals surface area (Å²) in [5.41, 5.74) is 4.05. The van der Waals surface area contributed by atoms with Crippen molar-refractivity contribution in [2.24, 2.45) is 0 Å². The number of carbonyl (C=O) groups excluding carboxylic acids is 1. The highest BCUT2D eigenvalue weighted by Crippen LogP contribution is 2.27. The molecule has 0 radical (unpaired) electrons. The summed E-state index contributed by atoms with van der Waals surface area (Å²) in [4.78, 5) is 20.8. The first-order valence-corrected chi connectivity index (χ1v) is 8.66. The topological polar surface area (TPSA) is 76.1 Å². The van der Waals surface area contributed by atoms with Gasteiger partial charge in [0.15, 0.2) is 0 Å². The third-order valence-electron chi connectivity index (χ3n) is 4.04. The molecule has 3 aromatic rings. The Balaban J connectivity index is 1.71. The molecule has 27 heavy (non-hydrogen) atoms. The number of anilines is 3. The van der Waals surface area contributed by atoms with Crippen molar-refractivity contribution in [2.45, 2.75) is 13.8 Å². The van der Waals surface area contributed by atoms with Crippen molar-refractivity contribution in [1.82, 2.24) is 9.97 Å². The Morgan fingerprint density at radius 1 is 1.07 bits per heavy atom. The minimum atomic E-state index is -0.324. The number of amides is 1. The summed E-state index contributed by atoms with van der Waals surface area (Å²) in [6.45, 7) is 4.02. The number of halogens is 1. The summed E-state index contributed by atoms with van der Waals surface area (Å²) < 4.78 is 5.10. The molecule has 0 bridgehead atoms. The van der Waals surface area contributed by atoms with Crippen LogP contribution in [0.25, 0.3) is 0 Å². The summed E-state index contributed by atoms with van der Waals surface area (Å²) in [5, 5.41) is 6.37. The van der Waals surface area contributed by atoms with Gasteiger partial charge < -0.3 is 15.4 Å². The second-order valence-corrected chi connectivity index (χ2v) is 6.40. The maximum Gasteiger partial charge on any atom is 0.258 e. The number of rotatable bonds is 5. The lowest BCUT2D eigenvalue weighted by Gasteiger charge is -2.11. The van der Waals surface area contributed by atoms with Gasteiger partial charge in [0.2, 0.25) is 5.95 Å². The second kappa shape index (κ2) is 8.05. The fraction of sp³-hybridized carbons (Fsp3) is 0.150. The lowest BCUT2D eigenvalue weighted by Crippen LogP contribution is -2.13. The Bertz CT molecular complexity index is 954. The lowest BCUT2D eigenvalue weighted by atomic mass is 10.1. The Morgan fingerprint density at radius 3 is 2.33 bits per heavy atom. The van der Waals surface area contributed by atoms with Crippen LogP contribution in [0.15, 0.2) is 48.8 Å². The van der Waals surface area contributed by atoms with Gasteiger partial charge in [0.1, 0.15) is 5.75 Å². The van der Waals surface area contributed by atoms with Crippen LogP contribution < -0.4 is 15.4 Å². The monoisotopic (exact) mass is 382 g/mol. The number of carbonyl (C=O) groups is 1. The molecule has 6 nitrogen and oxygen atoms in total. The van der Waals surface area contributed by atoms with Crippen LogP contribution >= 0.6 is 11.6 Å². The van der Waals surface area contributed by atoms with Crippen LogP contribution in [0.3, 0.4) is 0 Å². The van der Waals surface area contributed by atoms with Gasteiger partial charge in [0.25, 0.3) is 5.91 Å². The highest BCUT2D eigenvalue weighted by Gasteiger charge is 2.10. The Hall–Kier alpha value is -3.12. The van der Waals surface area contributed by atoms with Gasteiger partial charge >= 0.3 is 0 Å². The molecule has 2 aromatic carbocycles. The highest BCUT2D eigenvalue weighted by molar-refractivity contribution is 6.32. The molecule has 0 unspecified atom stereocenters. The van der Waals surface area contributed by atoms with Crippen LogP contribution in [0, 0.1) is 13.8 Å². The van der Waals surface area contributed by atoms with E-state index in [2.05, 4.69) is 20.6 Å². The van der Waals surface area contributed by atoms with Crippen LogP contribution in [0.4, 0.5) is 17.3 Å². The van der Waals surface area contributed by atoms with Crippen LogP contribution in [0.2, 0.25) is 5.02 Å². The predicted molar refractivity (Wildman–Crippen MR) is 107 cm³/mol. The second-order valence-electron chi connectivity index (χ2n) is 5.99. The molecule has 0 aliphatic heterocycles. The zero-order valence-corrected chi connectivity index (χ0v) is 16.0. The van der Waals surface area contributed by atoms with Crippen molar-refractivity contribution in [1.29, 1.82) is 0 Å². The fourth-order valence-corrected chi connectivity index (χ4v) is 2.84. The molecule has 0 atom stereocenters. The number of nitrogens with one attached hydrogen (secondary N) is 2. The maximum atomic E-state index is 12.4. The van der Waals surface area contributed by atoms with E-state index in [9.17, 15) is 4.79 Å². The number of benzene rings is 2. The molecule has 0 saturated heterocycles. The molecular formula is C20H19ClN4O2. The van der Waals surface area contributed by atoms with E-state index >= 15 is 0 Å². The van der Waals surface area contributed by atoms with Gasteiger partial charge in [-0.25, -0.2) is 9.97 Å². The molecule has 0 aliphatic carbocycles. The quantitative estimate of drug-likeness (QED) is 0.665. The normalized spacial score (nSPS) is 10.4. The minimum Gasteiger partial charge on any atom is -0.495 e. The maximum absolute atomic E-state index is 12.4. The van der Waals surface area contributed by atoms with Gasteiger partial charge in [-0.1, -0.05) is 29.8 Å². The number of aromatic nitrogens is 2. The molecule has 1 heterocycles. The van der Waals surface area contributed by atoms with Crippen molar-refractivity contribution in [3.63, 3.8) is 0 Å². The molecule has 3 rings (SSSR count). The Kier molecular flexibility index (Phi) is 5.57. The third kappa shape index (κ3) is 4.35.